The van der Waals surface area contributed by atoms with Crippen molar-refractivity contribution in [3.8, 4) is 0 Å². The molecule has 1 heterocycles. The lowest BCUT2D eigenvalue weighted by molar-refractivity contribution is 0.219. The zero-order valence-electron chi connectivity index (χ0n) is 12.7. The Morgan fingerprint density at radius 3 is 2.60 bits per heavy atom. The summed E-state index contributed by atoms with van der Waals surface area (Å²) in [6, 6.07) is 8.53. The van der Waals surface area contributed by atoms with Gasteiger partial charge >= 0.3 is 0 Å². The van der Waals surface area contributed by atoms with Crippen LogP contribution >= 0.6 is 0 Å². The third-order valence-electron chi connectivity index (χ3n) is 3.96. The molecule has 4 nitrogen and oxygen atoms in total. The van der Waals surface area contributed by atoms with Gasteiger partial charge in [-0.1, -0.05) is 26.0 Å². The summed E-state index contributed by atoms with van der Waals surface area (Å²) in [5.74, 6) is 1.10. The van der Waals surface area contributed by atoms with E-state index in [1.165, 1.54) is 0 Å². The molecule has 1 N–H and O–H groups in total. The second-order valence-electron chi connectivity index (χ2n) is 5.08. The number of aliphatic hydroxyl groups excluding tert-OH is 1. The topological polar surface area (TPSA) is 41.3 Å². The number of aromatic nitrogens is 2. The van der Waals surface area contributed by atoms with E-state index in [-0.39, 0.29) is 12.6 Å². The monoisotopic (exact) mass is 275 g/mol. The summed E-state index contributed by atoms with van der Waals surface area (Å²) in [5, 5.41) is 9.12. The number of aliphatic hydroxyl groups is 1. The van der Waals surface area contributed by atoms with Gasteiger partial charge in [0, 0.05) is 13.2 Å². The quantitative estimate of drug-likeness (QED) is 0.845. The molecule has 1 aromatic heterocycles. The Kier molecular flexibility index (Phi) is 5.15. The van der Waals surface area contributed by atoms with Crippen molar-refractivity contribution < 1.29 is 5.11 Å². The number of imidazole rings is 1. The summed E-state index contributed by atoms with van der Waals surface area (Å²) < 4.78 is 2.26. The van der Waals surface area contributed by atoms with E-state index in [1.54, 1.807) is 0 Å². The van der Waals surface area contributed by atoms with Crippen molar-refractivity contribution in [1.29, 1.82) is 0 Å². The highest BCUT2D eigenvalue weighted by molar-refractivity contribution is 5.76. The van der Waals surface area contributed by atoms with Crippen LogP contribution in [0, 0.1) is 0 Å². The molecular weight excluding hydrogens is 250 g/mol. The number of rotatable bonds is 7. The van der Waals surface area contributed by atoms with Gasteiger partial charge in [0.2, 0.25) is 0 Å². The standard InChI is InChI=1S/C16H25N3O/c1-4-18(5-2)13(3)16-17-14-9-6-7-10-15(14)19(16)11-8-12-20/h6-7,9-10,13,20H,4-5,8,11-12H2,1-3H3. The number of para-hydroxylation sites is 2. The average molecular weight is 275 g/mol. The first-order valence-corrected chi connectivity index (χ1v) is 7.53. The molecule has 110 valence electrons. The molecular formula is C16H25N3O. The highest BCUT2D eigenvalue weighted by Crippen LogP contribution is 2.24. The number of nitrogens with zero attached hydrogens (tertiary/aromatic N) is 3. The van der Waals surface area contributed by atoms with Gasteiger partial charge in [-0.2, -0.15) is 0 Å². The minimum atomic E-state index is 0.214. The van der Waals surface area contributed by atoms with Crippen LogP contribution in [-0.4, -0.2) is 39.3 Å². The number of hydrogen-bond donors (Lipinski definition) is 1. The smallest absolute Gasteiger partial charge is 0.127 e. The second kappa shape index (κ2) is 6.86. The fourth-order valence-electron chi connectivity index (χ4n) is 2.81. The Balaban J connectivity index is 2.44. The summed E-state index contributed by atoms with van der Waals surface area (Å²) in [7, 11) is 0. The maximum absolute atomic E-state index is 9.12. The van der Waals surface area contributed by atoms with E-state index in [0.29, 0.717) is 0 Å². The van der Waals surface area contributed by atoms with E-state index in [1.807, 2.05) is 12.1 Å². The van der Waals surface area contributed by atoms with Crippen LogP contribution in [0.1, 0.15) is 39.1 Å². The molecule has 0 spiro atoms. The van der Waals surface area contributed by atoms with E-state index in [9.17, 15) is 0 Å². The molecule has 0 saturated heterocycles. The Labute approximate surface area is 121 Å². The van der Waals surface area contributed by atoms with Crippen LogP contribution in [0.5, 0.6) is 0 Å². The van der Waals surface area contributed by atoms with Gasteiger partial charge < -0.3 is 9.67 Å². The van der Waals surface area contributed by atoms with E-state index in [2.05, 4.69) is 42.4 Å². The molecule has 0 aliphatic carbocycles. The van der Waals surface area contributed by atoms with Crippen LogP contribution in [0.2, 0.25) is 0 Å². The molecule has 1 atom stereocenters. The SMILES string of the molecule is CCN(CC)C(C)c1nc2ccccc2n1CCCO. The molecule has 0 radical (unpaired) electrons. The van der Waals surface area contributed by atoms with Crippen LogP contribution in [-0.2, 0) is 6.54 Å². The molecule has 0 fully saturated rings. The first kappa shape index (κ1) is 15.0. The summed E-state index contributed by atoms with van der Waals surface area (Å²) in [6.45, 7) is 9.64. The van der Waals surface area contributed by atoms with Crippen LogP contribution < -0.4 is 0 Å². The number of benzene rings is 1. The maximum Gasteiger partial charge on any atom is 0.127 e. The van der Waals surface area contributed by atoms with Gasteiger partial charge in [0.15, 0.2) is 0 Å². The highest BCUT2D eigenvalue weighted by atomic mass is 16.3. The van der Waals surface area contributed by atoms with E-state index in [4.69, 9.17) is 10.1 Å². The van der Waals surface area contributed by atoms with E-state index < -0.39 is 0 Å². The van der Waals surface area contributed by atoms with Crippen molar-refractivity contribution in [2.75, 3.05) is 19.7 Å². The lowest BCUT2D eigenvalue weighted by atomic mass is 10.2. The van der Waals surface area contributed by atoms with Crippen molar-refractivity contribution in [2.45, 2.75) is 39.8 Å². The molecule has 4 heteroatoms. The van der Waals surface area contributed by atoms with Crippen LogP contribution in [0.4, 0.5) is 0 Å². The van der Waals surface area contributed by atoms with Gasteiger partial charge in [-0.05, 0) is 38.6 Å². The highest BCUT2D eigenvalue weighted by Gasteiger charge is 2.20. The summed E-state index contributed by atoms with van der Waals surface area (Å²) in [5.41, 5.74) is 2.20. The molecule has 20 heavy (non-hydrogen) atoms. The summed E-state index contributed by atoms with van der Waals surface area (Å²) in [6.07, 6.45) is 0.762. The molecule has 2 rings (SSSR count). The summed E-state index contributed by atoms with van der Waals surface area (Å²) >= 11 is 0. The molecule has 0 aliphatic heterocycles. The molecule has 0 bridgehead atoms. The van der Waals surface area contributed by atoms with Gasteiger partial charge in [0.25, 0.3) is 0 Å². The Bertz CT molecular complexity index is 546. The lowest BCUT2D eigenvalue weighted by Gasteiger charge is -2.26. The van der Waals surface area contributed by atoms with Gasteiger partial charge in [0.1, 0.15) is 5.82 Å². The second-order valence-corrected chi connectivity index (χ2v) is 5.08. The number of hydrogen-bond acceptors (Lipinski definition) is 3. The molecule has 0 aliphatic rings. The molecule has 0 saturated carbocycles. The summed E-state index contributed by atoms with van der Waals surface area (Å²) in [4.78, 5) is 7.22. The number of aryl methyl sites for hydroxylation is 1. The minimum absolute atomic E-state index is 0.214. The normalized spacial score (nSPS) is 13.2. The van der Waals surface area contributed by atoms with Crippen molar-refractivity contribution in [3.63, 3.8) is 0 Å². The van der Waals surface area contributed by atoms with Crippen LogP contribution in [0.3, 0.4) is 0 Å². The van der Waals surface area contributed by atoms with Gasteiger partial charge in [-0.25, -0.2) is 4.98 Å². The third kappa shape index (κ3) is 2.86. The van der Waals surface area contributed by atoms with Crippen molar-refractivity contribution in [2.24, 2.45) is 0 Å². The molecule has 0 amide bonds. The Morgan fingerprint density at radius 1 is 1.25 bits per heavy atom. The third-order valence-corrected chi connectivity index (χ3v) is 3.96. The first-order valence-electron chi connectivity index (χ1n) is 7.53. The van der Waals surface area contributed by atoms with Gasteiger partial charge in [-0.15, -0.1) is 0 Å². The van der Waals surface area contributed by atoms with Gasteiger partial charge in [-0.3, -0.25) is 4.90 Å². The fourth-order valence-corrected chi connectivity index (χ4v) is 2.81. The van der Waals surface area contributed by atoms with Crippen molar-refractivity contribution >= 4 is 11.0 Å². The molecule has 1 unspecified atom stereocenters. The molecule has 1 aromatic carbocycles. The predicted molar refractivity (Wildman–Crippen MR) is 82.8 cm³/mol. The van der Waals surface area contributed by atoms with E-state index in [0.717, 1.165) is 42.9 Å². The zero-order chi connectivity index (χ0) is 14.5. The Hall–Kier alpha value is -1.39. The zero-order valence-corrected chi connectivity index (χ0v) is 12.7. The fraction of sp³-hybridized carbons (Fsp3) is 0.562. The van der Waals surface area contributed by atoms with E-state index >= 15 is 0 Å². The molecule has 2 aromatic rings. The first-order chi connectivity index (χ1) is 9.72. The van der Waals surface area contributed by atoms with Crippen molar-refractivity contribution in [1.82, 2.24) is 14.5 Å². The minimum Gasteiger partial charge on any atom is -0.396 e. The van der Waals surface area contributed by atoms with Gasteiger partial charge in [0.05, 0.1) is 17.1 Å². The number of fused-ring (bicyclic) bond motifs is 1. The lowest BCUT2D eigenvalue weighted by Crippen LogP contribution is -2.28. The van der Waals surface area contributed by atoms with Crippen molar-refractivity contribution in [3.05, 3.63) is 30.1 Å². The van der Waals surface area contributed by atoms with Crippen LogP contribution in [0.25, 0.3) is 11.0 Å². The Morgan fingerprint density at radius 2 is 1.95 bits per heavy atom. The van der Waals surface area contributed by atoms with Crippen LogP contribution in [0.15, 0.2) is 24.3 Å². The average Bonchev–Trinajstić information content (AvgIpc) is 2.85. The maximum atomic E-state index is 9.12. The largest absolute Gasteiger partial charge is 0.396 e. The predicted octanol–water partition coefficient (Wildman–Crippen LogP) is 2.82.